The number of aromatic nitrogens is 3. The van der Waals surface area contributed by atoms with Gasteiger partial charge in [0, 0.05) is 6.42 Å². The van der Waals surface area contributed by atoms with Crippen LogP contribution >= 0.6 is 0 Å². The Morgan fingerprint density at radius 2 is 2.17 bits per heavy atom. The van der Waals surface area contributed by atoms with Gasteiger partial charge in [-0.05, 0) is 31.9 Å². The molecule has 0 saturated heterocycles. The van der Waals surface area contributed by atoms with Gasteiger partial charge in [0.2, 0.25) is 0 Å². The second-order valence-corrected chi connectivity index (χ2v) is 4.18. The molecular formula is C13H17N3O2. The van der Waals surface area contributed by atoms with Crippen LogP contribution in [0.2, 0.25) is 0 Å². The zero-order valence-electron chi connectivity index (χ0n) is 10.9. The average Bonchev–Trinajstić information content (AvgIpc) is 2.73. The van der Waals surface area contributed by atoms with Crippen LogP contribution < -0.4 is 0 Å². The minimum atomic E-state index is -0.400. The van der Waals surface area contributed by atoms with E-state index in [1.54, 1.807) is 13.0 Å². The summed E-state index contributed by atoms with van der Waals surface area (Å²) in [6.07, 6.45) is 1.90. The summed E-state index contributed by atoms with van der Waals surface area (Å²) < 4.78 is 4.95. The standard InChI is InChI=1S/C13H17N3O2/c1-4-6-10-15-11-8(3)7-9(13(17)18-5-2)14-12(11)16-10/h7H,4-6H2,1-3H3,(H,14,15,16). The van der Waals surface area contributed by atoms with E-state index in [0.717, 1.165) is 29.7 Å². The molecular weight excluding hydrogens is 230 g/mol. The van der Waals surface area contributed by atoms with Crippen molar-refractivity contribution in [2.45, 2.75) is 33.6 Å². The number of H-pyrrole nitrogens is 1. The van der Waals surface area contributed by atoms with Crippen molar-refractivity contribution in [3.8, 4) is 0 Å². The van der Waals surface area contributed by atoms with Gasteiger partial charge in [-0.15, -0.1) is 0 Å². The van der Waals surface area contributed by atoms with Crippen LogP contribution in [0, 0.1) is 6.92 Å². The number of nitrogens with zero attached hydrogens (tertiary/aromatic N) is 2. The summed E-state index contributed by atoms with van der Waals surface area (Å²) in [4.78, 5) is 23.5. The van der Waals surface area contributed by atoms with E-state index in [0.29, 0.717) is 17.9 Å². The minimum Gasteiger partial charge on any atom is -0.461 e. The van der Waals surface area contributed by atoms with Gasteiger partial charge in [0.1, 0.15) is 5.82 Å². The number of hydrogen-bond donors (Lipinski definition) is 1. The predicted octanol–water partition coefficient (Wildman–Crippen LogP) is 2.40. The largest absolute Gasteiger partial charge is 0.461 e. The minimum absolute atomic E-state index is 0.316. The Kier molecular flexibility index (Phi) is 3.60. The molecule has 0 amide bonds. The molecule has 0 aliphatic carbocycles. The number of imidazole rings is 1. The van der Waals surface area contributed by atoms with Gasteiger partial charge in [-0.1, -0.05) is 6.92 Å². The summed E-state index contributed by atoms with van der Waals surface area (Å²) in [6, 6.07) is 1.73. The highest BCUT2D eigenvalue weighted by Crippen LogP contribution is 2.16. The lowest BCUT2D eigenvalue weighted by atomic mass is 10.2. The van der Waals surface area contributed by atoms with Crippen molar-refractivity contribution >= 4 is 17.1 Å². The first-order valence-corrected chi connectivity index (χ1v) is 6.19. The van der Waals surface area contributed by atoms with Gasteiger partial charge >= 0.3 is 5.97 Å². The zero-order chi connectivity index (χ0) is 13.1. The maximum Gasteiger partial charge on any atom is 0.357 e. The first-order chi connectivity index (χ1) is 8.65. The van der Waals surface area contributed by atoms with Gasteiger partial charge in [-0.25, -0.2) is 14.8 Å². The van der Waals surface area contributed by atoms with Gasteiger partial charge in [-0.3, -0.25) is 0 Å². The normalized spacial score (nSPS) is 10.8. The number of carbonyl (C=O) groups excluding carboxylic acids is 1. The number of esters is 1. The van der Waals surface area contributed by atoms with Gasteiger partial charge in [0.25, 0.3) is 0 Å². The number of fused-ring (bicyclic) bond motifs is 1. The molecule has 2 aromatic heterocycles. The number of hydrogen-bond acceptors (Lipinski definition) is 4. The molecule has 0 aliphatic rings. The van der Waals surface area contributed by atoms with E-state index in [4.69, 9.17) is 4.74 Å². The average molecular weight is 247 g/mol. The molecule has 1 N–H and O–H groups in total. The fraction of sp³-hybridized carbons (Fsp3) is 0.462. The predicted molar refractivity (Wildman–Crippen MR) is 68.6 cm³/mol. The molecule has 0 aromatic carbocycles. The molecule has 2 aromatic rings. The smallest absolute Gasteiger partial charge is 0.357 e. The van der Waals surface area contributed by atoms with E-state index in [2.05, 4.69) is 21.9 Å². The number of nitrogens with one attached hydrogen (secondary N) is 1. The molecule has 0 spiro atoms. The monoisotopic (exact) mass is 247 g/mol. The molecule has 5 nitrogen and oxygen atoms in total. The van der Waals surface area contributed by atoms with Crippen molar-refractivity contribution in [3.05, 3.63) is 23.1 Å². The Morgan fingerprint density at radius 1 is 1.39 bits per heavy atom. The van der Waals surface area contributed by atoms with Gasteiger partial charge in [-0.2, -0.15) is 0 Å². The van der Waals surface area contributed by atoms with E-state index in [1.165, 1.54) is 0 Å². The molecule has 0 aliphatic heterocycles. The summed E-state index contributed by atoms with van der Waals surface area (Å²) >= 11 is 0. The maximum atomic E-state index is 11.7. The van der Waals surface area contributed by atoms with Crippen LogP contribution in [-0.4, -0.2) is 27.5 Å². The Morgan fingerprint density at radius 3 is 2.83 bits per heavy atom. The SMILES string of the molecule is CCCc1nc2nc(C(=O)OCC)cc(C)c2[nH]1. The molecule has 0 radical (unpaired) electrons. The lowest BCUT2D eigenvalue weighted by Gasteiger charge is -2.02. The van der Waals surface area contributed by atoms with Crippen LogP contribution in [0.3, 0.4) is 0 Å². The number of aromatic amines is 1. The molecule has 0 saturated carbocycles. The summed E-state index contributed by atoms with van der Waals surface area (Å²) in [6.45, 7) is 6.15. The molecule has 0 fully saturated rings. The van der Waals surface area contributed by atoms with Crippen LogP contribution in [-0.2, 0) is 11.2 Å². The fourth-order valence-electron chi connectivity index (χ4n) is 1.86. The lowest BCUT2D eigenvalue weighted by molar-refractivity contribution is 0.0520. The summed E-state index contributed by atoms with van der Waals surface area (Å²) in [5.41, 5.74) is 2.75. The van der Waals surface area contributed by atoms with E-state index < -0.39 is 5.97 Å². The molecule has 2 rings (SSSR count). The third kappa shape index (κ3) is 2.34. The number of rotatable bonds is 4. The van der Waals surface area contributed by atoms with Crippen molar-refractivity contribution in [1.29, 1.82) is 0 Å². The van der Waals surface area contributed by atoms with Crippen LogP contribution in [0.4, 0.5) is 0 Å². The molecule has 0 atom stereocenters. The van der Waals surface area contributed by atoms with Crippen molar-refractivity contribution in [2.75, 3.05) is 6.61 Å². The first kappa shape index (κ1) is 12.5. The first-order valence-electron chi connectivity index (χ1n) is 6.19. The molecule has 0 bridgehead atoms. The number of aryl methyl sites for hydroxylation is 2. The highest BCUT2D eigenvalue weighted by atomic mass is 16.5. The third-order valence-electron chi connectivity index (χ3n) is 2.68. The van der Waals surface area contributed by atoms with E-state index >= 15 is 0 Å². The van der Waals surface area contributed by atoms with Crippen LogP contribution in [0.5, 0.6) is 0 Å². The van der Waals surface area contributed by atoms with Crippen molar-refractivity contribution in [2.24, 2.45) is 0 Å². The highest BCUT2D eigenvalue weighted by molar-refractivity contribution is 5.90. The Hall–Kier alpha value is -1.91. The second kappa shape index (κ2) is 5.16. The number of ether oxygens (including phenoxy) is 1. The molecule has 0 unspecified atom stereocenters. The van der Waals surface area contributed by atoms with Gasteiger partial charge in [0.15, 0.2) is 11.3 Å². The molecule has 18 heavy (non-hydrogen) atoms. The van der Waals surface area contributed by atoms with Gasteiger partial charge < -0.3 is 9.72 Å². The Bertz CT molecular complexity index is 575. The molecule has 5 heteroatoms. The van der Waals surface area contributed by atoms with Crippen LogP contribution in [0.15, 0.2) is 6.07 Å². The fourth-order valence-corrected chi connectivity index (χ4v) is 1.86. The summed E-state index contributed by atoms with van der Waals surface area (Å²) in [5.74, 6) is 0.506. The van der Waals surface area contributed by atoms with E-state index in [-0.39, 0.29) is 0 Å². The van der Waals surface area contributed by atoms with Crippen LogP contribution in [0.1, 0.15) is 42.1 Å². The van der Waals surface area contributed by atoms with E-state index in [9.17, 15) is 4.79 Å². The highest BCUT2D eigenvalue weighted by Gasteiger charge is 2.13. The van der Waals surface area contributed by atoms with E-state index in [1.807, 2.05) is 6.92 Å². The second-order valence-electron chi connectivity index (χ2n) is 4.18. The van der Waals surface area contributed by atoms with Crippen molar-refractivity contribution < 1.29 is 9.53 Å². The van der Waals surface area contributed by atoms with Crippen molar-refractivity contribution in [1.82, 2.24) is 15.0 Å². The maximum absolute atomic E-state index is 11.7. The van der Waals surface area contributed by atoms with Gasteiger partial charge in [0.05, 0.1) is 12.1 Å². The quantitative estimate of drug-likeness (QED) is 0.842. The lowest BCUT2D eigenvalue weighted by Crippen LogP contribution is -2.07. The zero-order valence-corrected chi connectivity index (χ0v) is 10.9. The Balaban J connectivity index is 2.44. The number of pyridine rings is 1. The van der Waals surface area contributed by atoms with Crippen LogP contribution in [0.25, 0.3) is 11.2 Å². The summed E-state index contributed by atoms with van der Waals surface area (Å²) in [7, 11) is 0. The molecule has 2 heterocycles. The Labute approximate surface area is 106 Å². The topological polar surface area (TPSA) is 67.9 Å². The summed E-state index contributed by atoms with van der Waals surface area (Å²) in [5, 5.41) is 0. The molecule has 96 valence electrons. The van der Waals surface area contributed by atoms with Crippen molar-refractivity contribution in [3.63, 3.8) is 0 Å². The third-order valence-corrected chi connectivity index (χ3v) is 2.68. The number of carbonyl (C=O) groups is 1.